The van der Waals surface area contributed by atoms with Gasteiger partial charge in [-0.05, 0) is 37.0 Å². The van der Waals surface area contributed by atoms with Gasteiger partial charge in [-0.3, -0.25) is 9.59 Å². The second-order valence-corrected chi connectivity index (χ2v) is 6.20. The fourth-order valence-electron chi connectivity index (χ4n) is 2.89. The molecular weight excluding hydrogens is 292 g/mol. The van der Waals surface area contributed by atoms with Crippen molar-refractivity contribution >= 4 is 17.5 Å². The number of benzene rings is 1. The van der Waals surface area contributed by atoms with E-state index in [9.17, 15) is 9.59 Å². The van der Waals surface area contributed by atoms with Crippen LogP contribution in [0.4, 0.5) is 5.69 Å². The molecule has 2 amide bonds. The summed E-state index contributed by atoms with van der Waals surface area (Å²) in [5.74, 6) is 0.0352. The number of carbonyl (C=O) groups excluding carboxylic acids is 2. The van der Waals surface area contributed by atoms with Crippen molar-refractivity contribution in [3.63, 3.8) is 0 Å². The Labute approximate surface area is 138 Å². The number of hydrogen-bond donors (Lipinski definition) is 1. The molecule has 1 atom stereocenters. The highest BCUT2D eigenvalue weighted by Gasteiger charge is 2.34. The molecule has 0 aromatic heterocycles. The maximum atomic E-state index is 12.6. The van der Waals surface area contributed by atoms with Gasteiger partial charge in [-0.25, -0.2) is 0 Å². The molecule has 0 aliphatic carbocycles. The number of ether oxygens (including phenoxy) is 1. The Balaban J connectivity index is 2.02. The van der Waals surface area contributed by atoms with Crippen LogP contribution in [0.1, 0.15) is 39.2 Å². The fourth-order valence-corrected chi connectivity index (χ4v) is 2.89. The quantitative estimate of drug-likeness (QED) is 0.841. The Morgan fingerprint density at radius 2 is 2.00 bits per heavy atom. The Hall–Kier alpha value is -1.88. The summed E-state index contributed by atoms with van der Waals surface area (Å²) in [5.41, 5.74) is 1.81. The maximum absolute atomic E-state index is 12.6. The molecule has 0 bridgehead atoms. The van der Waals surface area contributed by atoms with E-state index in [1.807, 2.05) is 45.0 Å². The number of amides is 2. The number of nitrogens with one attached hydrogen (secondary N) is 1. The van der Waals surface area contributed by atoms with Crippen molar-refractivity contribution in [2.24, 2.45) is 5.92 Å². The van der Waals surface area contributed by atoms with Crippen LogP contribution in [0.15, 0.2) is 24.3 Å². The summed E-state index contributed by atoms with van der Waals surface area (Å²) in [6.07, 6.45) is 1.38. The van der Waals surface area contributed by atoms with Crippen LogP contribution in [-0.2, 0) is 20.9 Å². The van der Waals surface area contributed by atoms with Crippen molar-refractivity contribution < 1.29 is 14.3 Å². The molecule has 1 saturated heterocycles. The zero-order chi connectivity index (χ0) is 16.8. The van der Waals surface area contributed by atoms with Crippen LogP contribution in [-0.4, -0.2) is 35.9 Å². The summed E-state index contributed by atoms with van der Waals surface area (Å²) in [7, 11) is 0. The smallest absolute Gasteiger partial charge is 0.247 e. The van der Waals surface area contributed by atoms with Gasteiger partial charge in [0.2, 0.25) is 11.8 Å². The summed E-state index contributed by atoms with van der Waals surface area (Å²) < 4.78 is 5.36. The topological polar surface area (TPSA) is 58.6 Å². The Kier molecular flexibility index (Phi) is 6.16. The lowest BCUT2D eigenvalue weighted by molar-refractivity contribution is -0.136. The first-order valence-corrected chi connectivity index (χ1v) is 8.30. The molecule has 23 heavy (non-hydrogen) atoms. The van der Waals surface area contributed by atoms with Gasteiger partial charge in [0.15, 0.2) is 0 Å². The van der Waals surface area contributed by atoms with Crippen LogP contribution < -0.4 is 5.32 Å². The van der Waals surface area contributed by atoms with Crippen LogP contribution in [0.25, 0.3) is 0 Å². The van der Waals surface area contributed by atoms with Crippen LogP contribution >= 0.6 is 0 Å². The van der Waals surface area contributed by atoms with E-state index >= 15 is 0 Å². The maximum Gasteiger partial charge on any atom is 0.247 e. The van der Waals surface area contributed by atoms with Gasteiger partial charge in [0.1, 0.15) is 6.04 Å². The largest absolute Gasteiger partial charge is 0.377 e. The van der Waals surface area contributed by atoms with E-state index in [1.54, 1.807) is 4.90 Å². The molecule has 126 valence electrons. The number of rotatable bonds is 7. The Bertz CT molecular complexity index is 540. The van der Waals surface area contributed by atoms with E-state index in [0.717, 1.165) is 17.7 Å². The van der Waals surface area contributed by atoms with Gasteiger partial charge in [0.05, 0.1) is 6.61 Å². The van der Waals surface area contributed by atoms with Gasteiger partial charge >= 0.3 is 0 Å². The van der Waals surface area contributed by atoms with Crippen molar-refractivity contribution in [2.45, 2.75) is 46.3 Å². The van der Waals surface area contributed by atoms with Crippen LogP contribution in [0.2, 0.25) is 0 Å². The number of hydrogen-bond acceptors (Lipinski definition) is 3. The van der Waals surface area contributed by atoms with E-state index in [4.69, 9.17) is 4.74 Å². The number of anilines is 1. The molecule has 0 spiro atoms. The molecule has 1 aromatic rings. The number of nitrogens with zero attached hydrogens (tertiary/aromatic N) is 1. The molecule has 1 aliphatic rings. The van der Waals surface area contributed by atoms with Crippen LogP contribution in [0.5, 0.6) is 0 Å². The molecular formula is C18H26N2O3. The summed E-state index contributed by atoms with van der Waals surface area (Å²) in [6.45, 7) is 7.82. The van der Waals surface area contributed by atoms with E-state index < -0.39 is 6.04 Å². The van der Waals surface area contributed by atoms with E-state index in [1.165, 1.54) is 0 Å². The minimum absolute atomic E-state index is 0.0749. The van der Waals surface area contributed by atoms with Crippen molar-refractivity contribution in [3.05, 3.63) is 29.8 Å². The number of carbonyl (C=O) groups is 2. The molecule has 1 aliphatic heterocycles. The van der Waals surface area contributed by atoms with E-state index in [0.29, 0.717) is 26.2 Å². The predicted octanol–water partition coefficient (Wildman–Crippen LogP) is 2.81. The third-order valence-electron chi connectivity index (χ3n) is 4.04. The summed E-state index contributed by atoms with van der Waals surface area (Å²) in [4.78, 5) is 26.3. The summed E-state index contributed by atoms with van der Waals surface area (Å²) >= 11 is 0. The SMILES string of the molecule is CCOCc1ccc(NC(=O)[C@H](C(C)C)N2CCCC2=O)cc1. The monoisotopic (exact) mass is 318 g/mol. The predicted molar refractivity (Wildman–Crippen MR) is 90.0 cm³/mol. The van der Waals surface area contributed by atoms with Crippen LogP contribution in [0.3, 0.4) is 0 Å². The lowest BCUT2D eigenvalue weighted by Crippen LogP contribution is -2.47. The van der Waals surface area contributed by atoms with Crippen molar-refractivity contribution in [1.29, 1.82) is 0 Å². The zero-order valence-electron chi connectivity index (χ0n) is 14.2. The normalized spacial score (nSPS) is 16.0. The highest BCUT2D eigenvalue weighted by molar-refractivity contribution is 5.97. The molecule has 1 heterocycles. The molecule has 0 unspecified atom stereocenters. The lowest BCUT2D eigenvalue weighted by Gasteiger charge is -2.29. The molecule has 5 heteroatoms. The van der Waals surface area contributed by atoms with E-state index in [2.05, 4.69) is 5.32 Å². The highest BCUT2D eigenvalue weighted by Crippen LogP contribution is 2.21. The second kappa shape index (κ2) is 8.11. The molecule has 1 N–H and O–H groups in total. The molecule has 1 aromatic carbocycles. The van der Waals surface area contributed by atoms with Crippen molar-refractivity contribution in [2.75, 3.05) is 18.5 Å². The van der Waals surface area contributed by atoms with Crippen molar-refractivity contribution in [3.8, 4) is 0 Å². The Morgan fingerprint density at radius 1 is 1.30 bits per heavy atom. The molecule has 2 rings (SSSR count). The van der Waals surface area contributed by atoms with Crippen molar-refractivity contribution in [1.82, 2.24) is 4.90 Å². The molecule has 0 radical (unpaired) electrons. The first kappa shape index (κ1) is 17.5. The number of likely N-dealkylation sites (tertiary alicyclic amines) is 1. The van der Waals surface area contributed by atoms with Gasteiger partial charge in [0.25, 0.3) is 0 Å². The first-order valence-electron chi connectivity index (χ1n) is 8.30. The van der Waals surface area contributed by atoms with E-state index in [-0.39, 0.29) is 17.7 Å². The fraction of sp³-hybridized carbons (Fsp3) is 0.556. The van der Waals surface area contributed by atoms with Gasteiger partial charge < -0.3 is 15.0 Å². The first-order chi connectivity index (χ1) is 11.0. The third-order valence-corrected chi connectivity index (χ3v) is 4.04. The Morgan fingerprint density at radius 3 is 2.52 bits per heavy atom. The highest BCUT2D eigenvalue weighted by atomic mass is 16.5. The van der Waals surface area contributed by atoms with Gasteiger partial charge in [0, 0.05) is 25.3 Å². The molecule has 0 saturated carbocycles. The minimum atomic E-state index is -0.409. The van der Waals surface area contributed by atoms with Gasteiger partial charge in [-0.1, -0.05) is 26.0 Å². The van der Waals surface area contributed by atoms with Gasteiger partial charge in [-0.2, -0.15) is 0 Å². The van der Waals surface area contributed by atoms with Gasteiger partial charge in [-0.15, -0.1) is 0 Å². The summed E-state index contributed by atoms with van der Waals surface area (Å²) in [6, 6.07) is 7.21. The third kappa shape index (κ3) is 4.55. The zero-order valence-corrected chi connectivity index (χ0v) is 14.2. The molecule has 5 nitrogen and oxygen atoms in total. The average Bonchev–Trinajstić information content (AvgIpc) is 2.92. The second-order valence-electron chi connectivity index (χ2n) is 6.20. The minimum Gasteiger partial charge on any atom is -0.377 e. The van der Waals surface area contributed by atoms with Crippen LogP contribution in [0, 0.1) is 5.92 Å². The summed E-state index contributed by atoms with van der Waals surface area (Å²) in [5, 5.41) is 2.93. The molecule has 1 fully saturated rings. The standard InChI is InChI=1S/C18H26N2O3/c1-4-23-12-14-7-9-15(10-8-14)19-18(22)17(13(2)3)20-11-5-6-16(20)21/h7-10,13,17H,4-6,11-12H2,1-3H3,(H,19,22)/t17-/m0/s1. The average molecular weight is 318 g/mol. The lowest BCUT2D eigenvalue weighted by atomic mass is 10.0.